The number of nitrogens with zero attached hydrogens (tertiary/aromatic N) is 1. The van der Waals surface area contributed by atoms with E-state index < -0.39 is 15.0 Å². The molecule has 2 saturated heterocycles. The first-order valence-electron chi connectivity index (χ1n) is 6.98. The third-order valence-electron chi connectivity index (χ3n) is 4.35. The van der Waals surface area contributed by atoms with Crippen LogP contribution < -0.4 is 0 Å². The molecule has 3 rings (SSSR count). The lowest BCUT2D eigenvalue weighted by atomic mass is 10.0. The minimum Gasteiger partial charge on any atom is -0.333 e. The molecule has 2 aliphatic heterocycles. The van der Waals surface area contributed by atoms with Crippen LogP contribution in [0.15, 0.2) is 30.3 Å². The molecule has 4 unspecified atom stereocenters. The number of amides is 1. The van der Waals surface area contributed by atoms with Gasteiger partial charge in [-0.05, 0) is 12.0 Å². The number of β-lactam (4-membered cyclic amide) rings is 1. The molecule has 2 fully saturated rings. The van der Waals surface area contributed by atoms with Gasteiger partial charge in [0.1, 0.15) is 4.21 Å². The summed E-state index contributed by atoms with van der Waals surface area (Å²) in [5.41, 5.74) is 1.14. The van der Waals surface area contributed by atoms with Gasteiger partial charge in [-0.3, -0.25) is 9.00 Å². The van der Waals surface area contributed by atoms with Crippen molar-refractivity contribution in [3.8, 4) is 0 Å². The van der Waals surface area contributed by atoms with Gasteiger partial charge in [-0.15, -0.1) is 11.6 Å². The second-order valence-electron chi connectivity index (χ2n) is 5.49. The first-order chi connectivity index (χ1) is 9.56. The normalized spacial score (nSPS) is 33.7. The molecule has 1 aromatic carbocycles. The summed E-state index contributed by atoms with van der Waals surface area (Å²) in [6.45, 7) is 1.89. The Morgan fingerprint density at radius 2 is 2.10 bits per heavy atom. The highest BCUT2D eigenvalue weighted by Crippen LogP contribution is 2.48. The summed E-state index contributed by atoms with van der Waals surface area (Å²) in [4.78, 5) is 13.7. The van der Waals surface area contributed by atoms with Crippen LogP contribution in [0.25, 0.3) is 0 Å². The van der Waals surface area contributed by atoms with Gasteiger partial charge >= 0.3 is 0 Å². The summed E-state index contributed by atoms with van der Waals surface area (Å²) < 4.78 is 11.6. The Labute approximate surface area is 126 Å². The van der Waals surface area contributed by atoms with Crippen molar-refractivity contribution < 1.29 is 9.00 Å². The highest BCUT2D eigenvalue weighted by Gasteiger charge is 2.60. The lowest BCUT2D eigenvalue weighted by molar-refractivity contribution is -0.145. The second-order valence-corrected chi connectivity index (χ2v) is 8.38. The van der Waals surface area contributed by atoms with Gasteiger partial charge < -0.3 is 4.90 Å². The van der Waals surface area contributed by atoms with E-state index in [2.05, 4.69) is 0 Å². The van der Waals surface area contributed by atoms with Crippen LogP contribution in [0.3, 0.4) is 0 Å². The molecule has 5 heteroatoms. The van der Waals surface area contributed by atoms with Crippen LogP contribution in [0.5, 0.6) is 0 Å². The molecule has 1 aromatic rings. The molecule has 4 atom stereocenters. The maximum absolute atomic E-state index is 12.4. The number of hydrogen-bond donors (Lipinski definition) is 0. The number of rotatable bonds is 4. The van der Waals surface area contributed by atoms with Crippen molar-refractivity contribution in [1.29, 1.82) is 0 Å². The minimum absolute atomic E-state index is 0.145. The van der Waals surface area contributed by atoms with E-state index in [9.17, 15) is 9.00 Å². The molecule has 1 amide bonds. The van der Waals surface area contributed by atoms with E-state index in [1.807, 2.05) is 42.2 Å². The van der Waals surface area contributed by atoms with Gasteiger partial charge in [0.05, 0.1) is 6.04 Å². The standard InChI is InChI=1S/C15H18ClNO2S/c1-2-20(19)15(16)10-12-9-14(18)17(12)13(15)8-11-6-4-3-5-7-11/h3-7,12-13H,2,8-10H2,1H3. The number of fused-ring (bicyclic) bond motifs is 1. The fourth-order valence-electron chi connectivity index (χ4n) is 3.33. The first kappa shape index (κ1) is 14.1. The van der Waals surface area contributed by atoms with Gasteiger partial charge in [0.25, 0.3) is 0 Å². The molecule has 20 heavy (non-hydrogen) atoms. The van der Waals surface area contributed by atoms with Crippen molar-refractivity contribution in [3.63, 3.8) is 0 Å². The summed E-state index contributed by atoms with van der Waals surface area (Å²) in [5.74, 6) is 0.676. The zero-order valence-electron chi connectivity index (χ0n) is 11.4. The average Bonchev–Trinajstić information content (AvgIpc) is 2.67. The van der Waals surface area contributed by atoms with Crippen LogP contribution in [0.4, 0.5) is 0 Å². The molecular formula is C15H18ClNO2S. The minimum atomic E-state index is -1.12. The summed E-state index contributed by atoms with van der Waals surface area (Å²) >= 11 is 6.74. The molecule has 3 nitrogen and oxygen atoms in total. The van der Waals surface area contributed by atoms with Gasteiger partial charge in [-0.1, -0.05) is 37.3 Å². The topological polar surface area (TPSA) is 37.4 Å². The number of hydrogen-bond acceptors (Lipinski definition) is 2. The lowest BCUT2D eigenvalue weighted by Gasteiger charge is -2.40. The van der Waals surface area contributed by atoms with Crippen molar-refractivity contribution in [1.82, 2.24) is 4.90 Å². The van der Waals surface area contributed by atoms with E-state index in [-0.39, 0.29) is 18.0 Å². The van der Waals surface area contributed by atoms with Crippen molar-refractivity contribution in [2.24, 2.45) is 0 Å². The fourth-order valence-corrected chi connectivity index (χ4v) is 5.38. The summed E-state index contributed by atoms with van der Waals surface area (Å²) in [7, 11) is -1.12. The zero-order valence-corrected chi connectivity index (χ0v) is 13.0. The third kappa shape index (κ3) is 2.09. The Balaban J connectivity index is 1.91. The Bertz CT molecular complexity index is 550. The van der Waals surface area contributed by atoms with Crippen LogP contribution in [0.1, 0.15) is 25.3 Å². The third-order valence-corrected chi connectivity index (χ3v) is 6.99. The number of carbonyl (C=O) groups is 1. The van der Waals surface area contributed by atoms with Crippen LogP contribution in [-0.2, 0) is 22.0 Å². The lowest BCUT2D eigenvalue weighted by Crippen LogP contribution is -2.55. The van der Waals surface area contributed by atoms with E-state index >= 15 is 0 Å². The number of halogens is 1. The summed E-state index contributed by atoms with van der Waals surface area (Å²) in [6.07, 6.45) is 1.89. The molecule has 2 heterocycles. The Hall–Kier alpha value is -0.870. The predicted octanol–water partition coefficient (Wildman–Crippen LogP) is 2.31. The molecule has 108 valence electrons. The Morgan fingerprint density at radius 1 is 1.40 bits per heavy atom. The molecule has 0 aliphatic carbocycles. The van der Waals surface area contributed by atoms with Crippen LogP contribution in [0, 0.1) is 0 Å². The van der Waals surface area contributed by atoms with E-state index in [0.29, 0.717) is 25.0 Å². The maximum atomic E-state index is 12.4. The van der Waals surface area contributed by atoms with E-state index in [4.69, 9.17) is 11.6 Å². The monoisotopic (exact) mass is 311 g/mol. The molecule has 0 saturated carbocycles. The first-order valence-corrected chi connectivity index (χ1v) is 8.68. The molecular weight excluding hydrogens is 294 g/mol. The van der Waals surface area contributed by atoms with Gasteiger partial charge in [0, 0.05) is 35.4 Å². The number of carbonyl (C=O) groups excluding carboxylic acids is 1. The highest BCUT2D eigenvalue weighted by molar-refractivity contribution is 7.87. The van der Waals surface area contributed by atoms with Crippen molar-refractivity contribution in [2.75, 3.05) is 5.75 Å². The zero-order chi connectivity index (χ0) is 14.3. The van der Waals surface area contributed by atoms with Crippen molar-refractivity contribution >= 4 is 28.3 Å². The Kier molecular flexibility index (Phi) is 3.63. The SMILES string of the molecule is CCS(=O)C1(Cl)CC2CC(=O)N2C1Cc1ccccc1. The molecule has 2 aliphatic rings. The Morgan fingerprint density at radius 3 is 2.70 bits per heavy atom. The molecule has 0 spiro atoms. The van der Waals surface area contributed by atoms with Gasteiger partial charge in [-0.2, -0.15) is 0 Å². The predicted molar refractivity (Wildman–Crippen MR) is 81.1 cm³/mol. The molecule has 0 aromatic heterocycles. The summed E-state index contributed by atoms with van der Waals surface area (Å²) in [6, 6.07) is 10.0. The highest BCUT2D eigenvalue weighted by atomic mass is 35.5. The second kappa shape index (κ2) is 5.15. The molecule has 0 radical (unpaired) electrons. The number of benzene rings is 1. The quantitative estimate of drug-likeness (QED) is 0.632. The molecule has 0 bridgehead atoms. The van der Waals surface area contributed by atoms with Crippen LogP contribution >= 0.6 is 11.6 Å². The van der Waals surface area contributed by atoms with Crippen molar-refractivity contribution in [2.45, 2.75) is 42.5 Å². The van der Waals surface area contributed by atoms with Gasteiger partial charge in [0.15, 0.2) is 0 Å². The maximum Gasteiger partial charge on any atom is 0.225 e. The van der Waals surface area contributed by atoms with Gasteiger partial charge in [0.2, 0.25) is 5.91 Å². The van der Waals surface area contributed by atoms with E-state index in [1.165, 1.54) is 0 Å². The van der Waals surface area contributed by atoms with Crippen LogP contribution in [-0.4, -0.2) is 37.1 Å². The average molecular weight is 312 g/mol. The molecule has 0 N–H and O–H groups in total. The van der Waals surface area contributed by atoms with Gasteiger partial charge in [-0.25, -0.2) is 0 Å². The van der Waals surface area contributed by atoms with E-state index in [0.717, 1.165) is 5.56 Å². The number of alkyl halides is 1. The van der Waals surface area contributed by atoms with Crippen LogP contribution in [0.2, 0.25) is 0 Å². The van der Waals surface area contributed by atoms with E-state index in [1.54, 1.807) is 0 Å². The smallest absolute Gasteiger partial charge is 0.225 e. The summed E-state index contributed by atoms with van der Waals surface area (Å²) in [5, 5.41) is 0. The van der Waals surface area contributed by atoms with Crippen molar-refractivity contribution in [3.05, 3.63) is 35.9 Å². The largest absolute Gasteiger partial charge is 0.333 e. The fraction of sp³-hybridized carbons (Fsp3) is 0.533.